The van der Waals surface area contributed by atoms with Crippen molar-refractivity contribution < 1.29 is 23.0 Å². The van der Waals surface area contributed by atoms with E-state index < -0.39 is 6.61 Å². The standard InChI is InChI=1S/C13H14F2N2O3/c1-17(7-3-6-16)12(18)9-4-5-10(20-13(14)15)11(8-9)19-2/h4-5,8,13H,3,7H2,1-2H3. The Morgan fingerprint density at radius 2 is 2.15 bits per heavy atom. The van der Waals surface area contributed by atoms with Crippen molar-refractivity contribution in [2.24, 2.45) is 0 Å². The molecular formula is C13H14F2N2O3. The van der Waals surface area contributed by atoms with Gasteiger partial charge in [0.05, 0.1) is 19.6 Å². The number of alkyl halides is 2. The maximum Gasteiger partial charge on any atom is 0.387 e. The van der Waals surface area contributed by atoms with Crippen molar-refractivity contribution in [1.29, 1.82) is 5.26 Å². The van der Waals surface area contributed by atoms with Crippen LogP contribution in [0, 0.1) is 11.3 Å². The van der Waals surface area contributed by atoms with Gasteiger partial charge in [-0.1, -0.05) is 0 Å². The molecule has 0 saturated heterocycles. The van der Waals surface area contributed by atoms with Crippen molar-refractivity contribution in [2.45, 2.75) is 13.0 Å². The van der Waals surface area contributed by atoms with Crippen molar-refractivity contribution in [2.75, 3.05) is 20.7 Å². The second-order valence-corrected chi connectivity index (χ2v) is 3.88. The zero-order chi connectivity index (χ0) is 15.1. The van der Waals surface area contributed by atoms with Gasteiger partial charge < -0.3 is 14.4 Å². The molecule has 1 aromatic rings. The van der Waals surface area contributed by atoms with Gasteiger partial charge in [-0.05, 0) is 18.2 Å². The molecule has 0 aliphatic rings. The average molecular weight is 284 g/mol. The summed E-state index contributed by atoms with van der Waals surface area (Å²) in [4.78, 5) is 13.4. The Labute approximate surface area is 115 Å². The van der Waals surface area contributed by atoms with Crippen LogP contribution in [0.4, 0.5) is 8.78 Å². The highest BCUT2D eigenvalue weighted by atomic mass is 19.3. The fraction of sp³-hybridized carbons (Fsp3) is 0.385. The van der Waals surface area contributed by atoms with E-state index in [1.807, 2.05) is 6.07 Å². The van der Waals surface area contributed by atoms with Crippen LogP contribution in [0.1, 0.15) is 16.8 Å². The molecule has 0 N–H and O–H groups in total. The van der Waals surface area contributed by atoms with E-state index in [1.54, 1.807) is 7.05 Å². The Morgan fingerprint density at radius 3 is 2.70 bits per heavy atom. The normalized spacial score (nSPS) is 10.0. The van der Waals surface area contributed by atoms with Gasteiger partial charge in [-0.3, -0.25) is 4.79 Å². The predicted molar refractivity (Wildman–Crippen MR) is 66.8 cm³/mol. The number of halogens is 2. The van der Waals surface area contributed by atoms with Crippen LogP contribution in [0.15, 0.2) is 18.2 Å². The smallest absolute Gasteiger partial charge is 0.387 e. The molecule has 0 spiro atoms. The molecule has 0 unspecified atom stereocenters. The van der Waals surface area contributed by atoms with Crippen molar-refractivity contribution in [3.63, 3.8) is 0 Å². The number of carbonyl (C=O) groups is 1. The third-order valence-corrected chi connectivity index (χ3v) is 2.53. The second kappa shape index (κ2) is 7.28. The molecule has 20 heavy (non-hydrogen) atoms. The van der Waals surface area contributed by atoms with Crippen LogP contribution in [0.5, 0.6) is 11.5 Å². The molecule has 0 aromatic heterocycles. The van der Waals surface area contributed by atoms with Crippen LogP contribution >= 0.6 is 0 Å². The minimum atomic E-state index is -2.97. The minimum absolute atomic E-state index is 0.0461. The molecule has 0 radical (unpaired) electrons. The van der Waals surface area contributed by atoms with Crippen LogP contribution in [0.2, 0.25) is 0 Å². The molecule has 0 atom stereocenters. The number of nitrogens with zero attached hydrogens (tertiary/aromatic N) is 2. The number of nitriles is 1. The third kappa shape index (κ3) is 4.09. The summed E-state index contributed by atoms with van der Waals surface area (Å²) in [5.41, 5.74) is 0.268. The summed E-state index contributed by atoms with van der Waals surface area (Å²) in [5, 5.41) is 8.47. The third-order valence-electron chi connectivity index (χ3n) is 2.53. The molecule has 0 aliphatic heterocycles. The summed E-state index contributed by atoms with van der Waals surface area (Å²) in [6.45, 7) is -2.68. The molecule has 1 amide bonds. The number of rotatable bonds is 6. The fourth-order valence-corrected chi connectivity index (χ4v) is 1.53. The number of methoxy groups -OCH3 is 1. The van der Waals surface area contributed by atoms with Crippen LogP contribution in [-0.4, -0.2) is 38.1 Å². The van der Waals surface area contributed by atoms with E-state index in [9.17, 15) is 13.6 Å². The molecule has 1 rings (SSSR count). The van der Waals surface area contributed by atoms with Crippen LogP contribution in [0.25, 0.3) is 0 Å². The highest BCUT2D eigenvalue weighted by Gasteiger charge is 2.16. The van der Waals surface area contributed by atoms with Crippen LogP contribution in [0.3, 0.4) is 0 Å². The van der Waals surface area contributed by atoms with Crippen molar-refractivity contribution >= 4 is 5.91 Å². The lowest BCUT2D eigenvalue weighted by atomic mass is 10.1. The van der Waals surface area contributed by atoms with Gasteiger partial charge in [-0.2, -0.15) is 14.0 Å². The van der Waals surface area contributed by atoms with Gasteiger partial charge in [0.2, 0.25) is 0 Å². The zero-order valence-electron chi connectivity index (χ0n) is 11.1. The number of ether oxygens (including phenoxy) is 2. The topological polar surface area (TPSA) is 62.6 Å². The molecule has 108 valence electrons. The van der Waals surface area contributed by atoms with Crippen molar-refractivity contribution in [3.8, 4) is 17.6 Å². The number of hydrogen-bond acceptors (Lipinski definition) is 4. The Morgan fingerprint density at radius 1 is 1.45 bits per heavy atom. The van der Waals surface area contributed by atoms with E-state index in [0.29, 0.717) is 0 Å². The Kier molecular flexibility index (Phi) is 5.72. The molecule has 0 saturated carbocycles. The number of amides is 1. The van der Waals surface area contributed by atoms with Crippen molar-refractivity contribution in [1.82, 2.24) is 4.90 Å². The van der Waals surface area contributed by atoms with Crippen molar-refractivity contribution in [3.05, 3.63) is 23.8 Å². The summed E-state index contributed by atoms with van der Waals surface area (Å²) in [7, 11) is 2.84. The van der Waals surface area contributed by atoms with Crippen LogP contribution in [-0.2, 0) is 0 Å². The molecule has 0 bridgehead atoms. The highest BCUT2D eigenvalue weighted by molar-refractivity contribution is 5.94. The number of benzene rings is 1. The van der Waals surface area contributed by atoms with E-state index >= 15 is 0 Å². The SMILES string of the molecule is COc1cc(C(=O)N(C)CCC#N)ccc1OC(F)F. The van der Waals surface area contributed by atoms with Gasteiger partial charge in [0, 0.05) is 19.2 Å². The maximum atomic E-state index is 12.2. The summed E-state index contributed by atoms with van der Waals surface area (Å²) >= 11 is 0. The second-order valence-electron chi connectivity index (χ2n) is 3.88. The Bertz CT molecular complexity index is 515. The van der Waals surface area contributed by atoms with Gasteiger partial charge in [0.25, 0.3) is 5.91 Å². The first-order chi connectivity index (χ1) is 9.49. The van der Waals surface area contributed by atoms with Crippen LogP contribution < -0.4 is 9.47 Å². The van der Waals surface area contributed by atoms with E-state index in [4.69, 9.17) is 10.00 Å². The summed E-state index contributed by atoms with van der Waals surface area (Å²) < 4.78 is 33.5. The van der Waals surface area contributed by atoms with E-state index in [2.05, 4.69) is 4.74 Å². The fourth-order valence-electron chi connectivity index (χ4n) is 1.53. The van der Waals surface area contributed by atoms with Gasteiger partial charge >= 0.3 is 6.61 Å². The predicted octanol–water partition coefficient (Wildman–Crippen LogP) is 2.28. The number of carbonyl (C=O) groups excluding carboxylic acids is 1. The molecule has 1 aromatic carbocycles. The Hall–Kier alpha value is -2.36. The average Bonchev–Trinajstić information content (AvgIpc) is 2.43. The first-order valence-corrected chi connectivity index (χ1v) is 5.75. The highest BCUT2D eigenvalue weighted by Crippen LogP contribution is 2.29. The maximum absolute atomic E-state index is 12.2. The van der Waals surface area contributed by atoms with E-state index in [1.165, 1.54) is 30.2 Å². The monoisotopic (exact) mass is 284 g/mol. The first kappa shape index (κ1) is 15.7. The minimum Gasteiger partial charge on any atom is -0.493 e. The molecule has 7 heteroatoms. The lowest BCUT2D eigenvalue weighted by Gasteiger charge is -2.17. The van der Waals surface area contributed by atoms with Gasteiger partial charge in [-0.15, -0.1) is 0 Å². The Balaban J connectivity index is 2.92. The van der Waals surface area contributed by atoms with Gasteiger partial charge in [0.15, 0.2) is 11.5 Å². The zero-order valence-corrected chi connectivity index (χ0v) is 11.1. The molecule has 5 nitrogen and oxygen atoms in total. The summed E-state index contributed by atoms with van der Waals surface area (Å²) in [6, 6.07) is 5.87. The summed E-state index contributed by atoms with van der Waals surface area (Å²) in [5.74, 6) is -0.425. The molecule has 0 aliphatic carbocycles. The van der Waals surface area contributed by atoms with Gasteiger partial charge in [-0.25, -0.2) is 0 Å². The molecule has 0 heterocycles. The van der Waals surface area contributed by atoms with Gasteiger partial charge in [0.1, 0.15) is 0 Å². The largest absolute Gasteiger partial charge is 0.493 e. The first-order valence-electron chi connectivity index (χ1n) is 5.75. The number of hydrogen-bond donors (Lipinski definition) is 0. The quantitative estimate of drug-likeness (QED) is 0.804. The van der Waals surface area contributed by atoms with E-state index in [-0.39, 0.29) is 35.9 Å². The molecule has 0 fully saturated rings. The lowest BCUT2D eigenvalue weighted by molar-refractivity contribution is -0.0512. The molecular weight excluding hydrogens is 270 g/mol. The van der Waals surface area contributed by atoms with E-state index in [0.717, 1.165) is 0 Å². The lowest BCUT2D eigenvalue weighted by Crippen LogP contribution is -2.27. The summed E-state index contributed by atoms with van der Waals surface area (Å²) in [6.07, 6.45) is 0.214.